The summed E-state index contributed by atoms with van der Waals surface area (Å²) >= 11 is 0. The molecule has 0 aromatic heterocycles. The lowest BCUT2D eigenvalue weighted by Gasteiger charge is -2.25. The average Bonchev–Trinajstić information content (AvgIpc) is 3.20. The predicted octanol–water partition coefficient (Wildman–Crippen LogP) is 2.37. The zero-order chi connectivity index (χ0) is 30.0. The van der Waals surface area contributed by atoms with Crippen LogP contribution in [0.1, 0.15) is 38.3 Å². The first-order valence-electron chi connectivity index (χ1n) is 13.3. The number of benzene rings is 2. The predicted molar refractivity (Wildman–Crippen MR) is 148 cm³/mol. The van der Waals surface area contributed by atoms with Crippen LogP contribution in [0.5, 0.6) is 0 Å². The maximum Gasteiger partial charge on any atom is 0.408 e. The highest BCUT2D eigenvalue weighted by Gasteiger charge is 2.44. The lowest BCUT2D eigenvalue weighted by molar-refractivity contribution is -0.149. The van der Waals surface area contributed by atoms with E-state index in [9.17, 15) is 24.0 Å². The van der Waals surface area contributed by atoms with E-state index < -0.39 is 53.4 Å². The molecule has 2 aromatic rings. The van der Waals surface area contributed by atoms with Crippen molar-refractivity contribution in [2.45, 2.75) is 57.9 Å². The Morgan fingerprint density at radius 3 is 2.15 bits per heavy atom. The third-order valence-electron chi connectivity index (χ3n) is 6.31. The van der Waals surface area contributed by atoms with Crippen LogP contribution in [0.4, 0.5) is 4.79 Å². The van der Waals surface area contributed by atoms with Crippen LogP contribution in [-0.4, -0.2) is 72.6 Å². The molecule has 11 nitrogen and oxygen atoms in total. The fourth-order valence-electron chi connectivity index (χ4n) is 4.38. The molecule has 2 N–H and O–H groups in total. The van der Waals surface area contributed by atoms with Gasteiger partial charge in [-0.1, -0.05) is 60.7 Å². The lowest BCUT2D eigenvalue weighted by Crippen LogP contribution is -2.54. The summed E-state index contributed by atoms with van der Waals surface area (Å²) in [6.07, 6.45) is -0.824. The van der Waals surface area contributed by atoms with Gasteiger partial charge in [0.1, 0.15) is 30.8 Å². The van der Waals surface area contributed by atoms with Gasteiger partial charge in [-0.3, -0.25) is 19.2 Å². The van der Waals surface area contributed by atoms with E-state index in [-0.39, 0.29) is 32.5 Å². The smallest absolute Gasteiger partial charge is 0.408 e. The number of hydrogen-bond donors (Lipinski definition) is 2. The van der Waals surface area contributed by atoms with Gasteiger partial charge in [0, 0.05) is 18.9 Å². The SMILES string of the molecule is COC(=O)C[C@@H]1CN(CC(=O)OCc2ccccc2)C(=O)[C@H]1NC(=O)[C@H](Cc1ccccc1)NC(=O)OC(C)(C)C. The third-order valence-corrected chi connectivity index (χ3v) is 6.31. The van der Waals surface area contributed by atoms with Crippen molar-refractivity contribution >= 4 is 29.8 Å². The Morgan fingerprint density at radius 2 is 1.56 bits per heavy atom. The van der Waals surface area contributed by atoms with E-state index in [1.54, 1.807) is 45.0 Å². The van der Waals surface area contributed by atoms with Gasteiger partial charge in [0.2, 0.25) is 11.8 Å². The summed E-state index contributed by atoms with van der Waals surface area (Å²) in [7, 11) is 1.23. The Morgan fingerprint density at radius 1 is 0.951 bits per heavy atom. The Balaban J connectivity index is 1.73. The molecular weight excluding hydrogens is 530 g/mol. The molecular formula is C30H37N3O8. The summed E-state index contributed by atoms with van der Waals surface area (Å²) in [6.45, 7) is 4.83. The largest absolute Gasteiger partial charge is 0.469 e. The topological polar surface area (TPSA) is 140 Å². The molecule has 3 atom stereocenters. The Hall–Kier alpha value is -4.41. The zero-order valence-corrected chi connectivity index (χ0v) is 23.8. The summed E-state index contributed by atoms with van der Waals surface area (Å²) in [5.41, 5.74) is 0.778. The van der Waals surface area contributed by atoms with E-state index in [4.69, 9.17) is 14.2 Å². The second kappa shape index (κ2) is 14.3. The quantitative estimate of drug-likeness (QED) is 0.312. The van der Waals surface area contributed by atoms with Gasteiger partial charge >= 0.3 is 18.0 Å². The first-order valence-corrected chi connectivity index (χ1v) is 13.3. The lowest BCUT2D eigenvalue weighted by atomic mass is 9.98. The molecule has 1 fully saturated rings. The van der Waals surface area contributed by atoms with Gasteiger partial charge in [-0.05, 0) is 31.9 Å². The molecule has 1 aliphatic rings. The molecule has 2 aromatic carbocycles. The first kappa shape index (κ1) is 31.1. The van der Waals surface area contributed by atoms with E-state index in [1.165, 1.54) is 12.0 Å². The highest BCUT2D eigenvalue weighted by Crippen LogP contribution is 2.23. The number of amides is 3. The molecule has 3 rings (SSSR count). The van der Waals surface area contributed by atoms with Crippen LogP contribution in [0.3, 0.4) is 0 Å². The monoisotopic (exact) mass is 567 g/mol. The number of rotatable bonds is 11. The molecule has 0 saturated carbocycles. The summed E-state index contributed by atoms with van der Waals surface area (Å²) in [5, 5.41) is 5.29. The summed E-state index contributed by atoms with van der Waals surface area (Å²) in [6, 6.07) is 15.9. The van der Waals surface area contributed by atoms with Crippen molar-refractivity contribution in [3.63, 3.8) is 0 Å². The molecule has 0 bridgehead atoms. The number of hydrogen-bond acceptors (Lipinski definition) is 8. The number of nitrogens with one attached hydrogen (secondary N) is 2. The summed E-state index contributed by atoms with van der Waals surface area (Å²) < 4.78 is 15.4. The Labute approximate surface area is 239 Å². The van der Waals surface area contributed by atoms with E-state index in [0.29, 0.717) is 0 Å². The first-order chi connectivity index (χ1) is 19.4. The van der Waals surface area contributed by atoms with Crippen molar-refractivity contribution in [1.82, 2.24) is 15.5 Å². The molecule has 3 amide bonds. The van der Waals surface area contributed by atoms with E-state index in [0.717, 1.165) is 11.1 Å². The van der Waals surface area contributed by atoms with Gasteiger partial charge in [-0.25, -0.2) is 4.79 Å². The zero-order valence-electron chi connectivity index (χ0n) is 23.8. The van der Waals surface area contributed by atoms with Gasteiger partial charge in [0.25, 0.3) is 0 Å². The number of methoxy groups -OCH3 is 1. The van der Waals surface area contributed by atoms with Crippen molar-refractivity contribution in [2.75, 3.05) is 20.2 Å². The summed E-state index contributed by atoms with van der Waals surface area (Å²) in [4.78, 5) is 65.3. The highest BCUT2D eigenvalue weighted by atomic mass is 16.6. The molecule has 41 heavy (non-hydrogen) atoms. The van der Waals surface area contributed by atoms with Crippen molar-refractivity contribution in [3.8, 4) is 0 Å². The number of ether oxygens (including phenoxy) is 3. The number of nitrogens with zero attached hydrogens (tertiary/aromatic N) is 1. The third kappa shape index (κ3) is 9.93. The second-order valence-electron chi connectivity index (χ2n) is 10.8. The van der Waals surface area contributed by atoms with Crippen LogP contribution in [0.25, 0.3) is 0 Å². The maximum absolute atomic E-state index is 13.5. The number of likely N-dealkylation sites (tertiary alicyclic amines) is 1. The van der Waals surface area contributed by atoms with Gasteiger partial charge in [0.15, 0.2) is 0 Å². The van der Waals surface area contributed by atoms with Crippen LogP contribution in [-0.2, 0) is 46.4 Å². The molecule has 0 spiro atoms. The van der Waals surface area contributed by atoms with Crippen molar-refractivity contribution in [3.05, 3.63) is 71.8 Å². The Kier molecular flexibility index (Phi) is 10.8. The molecule has 220 valence electrons. The molecule has 1 aliphatic heterocycles. The minimum absolute atomic E-state index is 0.0299. The fraction of sp³-hybridized carbons (Fsp3) is 0.433. The van der Waals surface area contributed by atoms with Gasteiger partial charge in [-0.15, -0.1) is 0 Å². The van der Waals surface area contributed by atoms with Gasteiger partial charge in [-0.2, -0.15) is 0 Å². The van der Waals surface area contributed by atoms with Gasteiger partial charge < -0.3 is 29.7 Å². The molecule has 11 heteroatoms. The van der Waals surface area contributed by atoms with Crippen LogP contribution in [0.2, 0.25) is 0 Å². The normalized spacial score (nSPS) is 17.4. The fourth-order valence-corrected chi connectivity index (χ4v) is 4.38. The standard InChI is InChI=1S/C30H37N3O8/c1-30(2,3)41-29(38)31-23(15-20-11-7-5-8-12-20)27(36)32-26-22(16-24(34)39-4)17-33(28(26)37)18-25(35)40-19-21-13-9-6-10-14-21/h5-14,22-23,26H,15-19H2,1-4H3,(H,31,38)(H,32,36)/t22-,23+,26+/m1/s1. The van der Waals surface area contributed by atoms with Crippen LogP contribution in [0.15, 0.2) is 60.7 Å². The number of esters is 2. The minimum atomic E-state index is -1.12. The van der Waals surface area contributed by atoms with Crippen LogP contribution < -0.4 is 10.6 Å². The van der Waals surface area contributed by atoms with Crippen molar-refractivity contribution in [2.24, 2.45) is 5.92 Å². The van der Waals surface area contributed by atoms with E-state index >= 15 is 0 Å². The second-order valence-corrected chi connectivity index (χ2v) is 10.8. The number of carbonyl (C=O) groups excluding carboxylic acids is 5. The molecule has 1 heterocycles. The molecule has 0 unspecified atom stereocenters. The van der Waals surface area contributed by atoms with Crippen molar-refractivity contribution < 1.29 is 38.2 Å². The van der Waals surface area contributed by atoms with E-state index in [2.05, 4.69) is 10.6 Å². The van der Waals surface area contributed by atoms with Crippen LogP contribution in [0, 0.1) is 5.92 Å². The highest BCUT2D eigenvalue weighted by molar-refractivity contribution is 5.94. The number of alkyl carbamates (subject to hydrolysis) is 1. The molecule has 1 saturated heterocycles. The number of carbonyl (C=O) groups is 5. The molecule has 0 aliphatic carbocycles. The summed E-state index contributed by atoms with van der Waals surface area (Å²) in [5.74, 6) is -3.04. The maximum atomic E-state index is 13.5. The van der Waals surface area contributed by atoms with Crippen molar-refractivity contribution in [1.29, 1.82) is 0 Å². The minimum Gasteiger partial charge on any atom is -0.469 e. The van der Waals surface area contributed by atoms with E-state index in [1.807, 2.05) is 36.4 Å². The molecule has 0 radical (unpaired) electrons. The Bertz CT molecular complexity index is 1210. The van der Waals surface area contributed by atoms with Crippen LogP contribution >= 0.6 is 0 Å². The average molecular weight is 568 g/mol. The van der Waals surface area contributed by atoms with Gasteiger partial charge in [0.05, 0.1) is 13.5 Å².